The Morgan fingerprint density at radius 3 is 2.75 bits per heavy atom. The number of nitrogens with one attached hydrogen (secondary N) is 1. The minimum Gasteiger partial charge on any atom is -0.506 e. The lowest BCUT2D eigenvalue weighted by Crippen LogP contribution is -2.12. The van der Waals surface area contributed by atoms with Crippen molar-refractivity contribution >= 4 is 17.0 Å². The number of fused-ring (bicyclic) bond motifs is 1. The molecule has 2 heterocycles. The Balaban J connectivity index is 1.60. The number of nitrogens with zero attached hydrogens (tertiary/aromatic N) is 3. The molecule has 142 valence electrons. The van der Waals surface area contributed by atoms with E-state index in [4.69, 9.17) is 0 Å². The molecule has 6 heteroatoms. The SMILES string of the molecule is Cc1ccc(O)c(Cn2c(NCCc3cccc(F)c3)nc3ccccc32)n1. The second-order valence-electron chi connectivity index (χ2n) is 6.74. The molecule has 0 aliphatic carbocycles. The van der Waals surface area contributed by atoms with Gasteiger partial charge in [-0.25, -0.2) is 9.37 Å². The molecule has 2 N–H and O–H groups in total. The first-order valence-electron chi connectivity index (χ1n) is 9.19. The maximum atomic E-state index is 13.4. The monoisotopic (exact) mass is 376 g/mol. The summed E-state index contributed by atoms with van der Waals surface area (Å²) in [6.45, 7) is 2.91. The van der Waals surface area contributed by atoms with Crippen LogP contribution >= 0.6 is 0 Å². The molecule has 2 aromatic carbocycles. The van der Waals surface area contributed by atoms with Crippen molar-refractivity contribution in [2.24, 2.45) is 0 Å². The van der Waals surface area contributed by atoms with Crippen LogP contribution in [0.3, 0.4) is 0 Å². The van der Waals surface area contributed by atoms with Gasteiger partial charge in [-0.15, -0.1) is 0 Å². The summed E-state index contributed by atoms with van der Waals surface area (Å²) in [5.74, 6) is 0.625. The van der Waals surface area contributed by atoms with Crippen molar-refractivity contribution in [1.82, 2.24) is 14.5 Å². The van der Waals surface area contributed by atoms with Crippen molar-refractivity contribution in [3.63, 3.8) is 0 Å². The first-order valence-corrected chi connectivity index (χ1v) is 9.19. The van der Waals surface area contributed by atoms with E-state index in [0.717, 1.165) is 22.3 Å². The van der Waals surface area contributed by atoms with Gasteiger partial charge in [-0.05, 0) is 55.3 Å². The van der Waals surface area contributed by atoms with Crippen molar-refractivity contribution in [2.75, 3.05) is 11.9 Å². The Hall–Kier alpha value is -3.41. The summed E-state index contributed by atoms with van der Waals surface area (Å²) in [7, 11) is 0. The van der Waals surface area contributed by atoms with Crippen LogP contribution in [0.2, 0.25) is 0 Å². The van der Waals surface area contributed by atoms with Crippen molar-refractivity contribution in [3.05, 3.63) is 83.4 Å². The Morgan fingerprint density at radius 2 is 1.89 bits per heavy atom. The predicted molar refractivity (Wildman–Crippen MR) is 108 cm³/mol. The van der Waals surface area contributed by atoms with Gasteiger partial charge in [0.25, 0.3) is 0 Å². The lowest BCUT2D eigenvalue weighted by Gasteiger charge is -2.12. The van der Waals surface area contributed by atoms with Gasteiger partial charge in [0.15, 0.2) is 0 Å². The number of pyridine rings is 1. The molecule has 0 fully saturated rings. The maximum absolute atomic E-state index is 13.4. The second-order valence-corrected chi connectivity index (χ2v) is 6.74. The summed E-state index contributed by atoms with van der Waals surface area (Å²) in [4.78, 5) is 9.14. The van der Waals surface area contributed by atoms with Crippen LogP contribution in [0, 0.1) is 12.7 Å². The standard InChI is InChI=1S/C22H21FN4O/c1-15-9-10-21(28)19(25-15)14-27-20-8-3-2-7-18(20)26-22(27)24-12-11-16-5-4-6-17(23)13-16/h2-10,13,28H,11-12,14H2,1H3,(H,24,26). The third kappa shape index (κ3) is 3.81. The Kier molecular flexibility index (Phi) is 4.93. The molecule has 0 amide bonds. The molecule has 2 aromatic heterocycles. The fraction of sp³-hybridized carbons (Fsp3) is 0.182. The van der Waals surface area contributed by atoms with Gasteiger partial charge in [-0.2, -0.15) is 0 Å². The van der Waals surface area contributed by atoms with Gasteiger partial charge >= 0.3 is 0 Å². The third-order valence-corrected chi connectivity index (χ3v) is 4.64. The van der Waals surface area contributed by atoms with Gasteiger partial charge in [0.05, 0.1) is 17.6 Å². The number of aromatic hydroxyl groups is 1. The molecule has 5 nitrogen and oxygen atoms in total. The van der Waals surface area contributed by atoms with E-state index in [1.165, 1.54) is 6.07 Å². The predicted octanol–water partition coefficient (Wildman–Crippen LogP) is 4.29. The maximum Gasteiger partial charge on any atom is 0.204 e. The number of rotatable bonds is 6. The number of imidazole rings is 1. The number of aryl methyl sites for hydroxylation is 1. The molecule has 0 radical (unpaired) electrons. The summed E-state index contributed by atoms with van der Waals surface area (Å²) < 4.78 is 15.4. The van der Waals surface area contributed by atoms with Crippen LogP contribution in [0.1, 0.15) is 17.0 Å². The van der Waals surface area contributed by atoms with Crippen LogP contribution in [-0.4, -0.2) is 26.2 Å². The van der Waals surface area contributed by atoms with Crippen LogP contribution in [0.25, 0.3) is 11.0 Å². The molecule has 4 rings (SSSR count). The molecule has 0 aliphatic rings. The van der Waals surface area contributed by atoms with E-state index in [-0.39, 0.29) is 11.6 Å². The molecule has 0 atom stereocenters. The average molecular weight is 376 g/mol. The van der Waals surface area contributed by atoms with E-state index in [2.05, 4.69) is 15.3 Å². The van der Waals surface area contributed by atoms with Crippen molar-refractivity contribution in [3.8, 4) is 5.75 Å². The van der Waals surface area contributed by atoms with E-state index in [9.17, 15) is 9.50 Å². The topological polar surface area (TPSA) is 63.0 Å². The fourth-order valence-electron chi connectivity index (χ4n) is 3.25. The van der Waals surface area contributed by atoms with Crippen LogP contribution in [-0.2, 0) is 13.0 Å². The lowest BCUT2D eigenvalue weighted by molar-refractivity contribution is 0.461. The zero-order valence-electron chi connectivity index (χ0n) is 15.6. The van der Waals surface area contributed by atoms with Crippen LogP contribution in [0.4, 0.5) is 10.3 Å². The highest BCUT2D eigenvalue weighted by Gasteiger charge is 2.13. The first-order chi connectivity index (χ1) is 13.6. The molecule has 0 spiro atoms. The van der Waals surface area contributed by atoms with Gasteiger partial charge in [-0.1, -0.05) is 24.3 Å². The zero-order valence-corrected chi connectivity index (χ0v) is 15.6. The van der Waals surface area contributed by atoms with E-state index >= 15 is 0 Å². The molecule has 28 heavy (non-hydrogen) atoms. The Labute approximate surface area is 162 Å². The van der Waals surface area contributed by atoms with Crippen molar-refractivity contribution < 1.29 is 9.50 Å². The molecular weight excluding hydrogens is 355 g/mol. The smallest absolute Gasteiger partial charge is 0.204 e. The van der Waals surface area contributed by atoms with Crippen LogP contribution in [0.15, 0.2) is 60.7 Å². The van der Waals surface area contributed by atoms with Crippen molar-refractivity contribution in [2.45, 2.75) is 19.9 Å². The molecule has 0 unspecified atom stereocenters. The number of aromatic nitrogens is 3. The van der Waals surface area contributed by atoms with Gasteiger partial charge in [0, 0.05) is 12.2 Å². The van der Waals surface area contributed by atoms with Gasteiger partial charge in [-0.3, -0.25) is 4.98 Å². The molecule has 0 bridgehead atoms. The normalized spacial score (nSPS) is 11.1. The van der Waals surface area contributed by atoms with E-state index in [1.54, 1.807) is 24.3 Å². The minimum atomic E-state index is -0.231. The zero-order chi connectivity index (χ0) is 19.5. The highest BCUT2D eigenvalue weighted by molar-refractivity contribution is 5.78. The number of para-hydroxylation sites is 2. The Bertz CT molecular complexity index is 1120. The van der Waals surface area contributed by atoms with Gasteiger partial charge in [0.2, 0.25) is 5.95 Å². The van der Waals surface area contributed by atoms with E-state index in [0.29, 0.717) is 31.2 Å². The molecule has 0 saturated heterocycles. The second kappa shape index (κ2) is 7.68. The lowest BCUT2D eigenvalue weighted by atomic mass is 10.1. The molecular formula is C22H21FN4O. The number of halogens is 1. The Morgan fingerprint density at radius 1 is 1.04 bits per heavy atom. The number of benzene rings is 2. The molecule has 0 aliphatic heterocycles. The van der Waals surface area contributed by atoms with Gasteiger partial charge in [0.1, 0.15) is 17.3 Å². The number of hydrogen-bond donors (Lipinski definition) is 2. The third-order valence-electron chi connectivity index (χ3n) is 4.64. The van der Waals surface area contributed by atoms with E-state index in [1.807, 2.05) is 41.8 Å². The summed E-state index contributed by atoms with van der Waals surface area (Å²) in [6.07, 6.45) is 0.676. The van der Waals surface area contributed by atoms with E-state index < -0.39 is 0 Å². The minimum absolute atomic E-state index is 0.161. The molecule has 0 saturated carbocycles. The highest BCUT2D eigenvalue weighted by Crippen LogP contribution is 2.24. The highest BCUT2D eigenvalue weighted by atomic mass is 19.1. The summed E-state index contributed by atoms with van der Waals surface area (Å²) >= 11 is 0. The summed E-state index contributed by atoms with van der Waals surface area (Å²) in [5, 5.41) is 13.5. The fourth-order valence-corrected chi connectivity index (χ4v) is 3.25. The number of hydrogen-bond acceptors (Lipinski definition) is 4. The largest absolute Gasteiger partial charge is 0.506 e. The van der Waals surface area contributed by atoms with Crippen molar-refractivity contribution in [1.29, 1.82) is 0 Å². The van der Waals surface area contributed by atoms with Crippen LogP contribution < -0.4 is 5.32 Å². The summed E-state index contributed by atoms with van der Waals surface area (Å²) in [5.41, 5.74) is 4.18. The number of anilines is 1. The van der Waals surface area contributed by atoms with Gasteiger partial charge < -0.3 is 15.0 Å². The first kappa shape index (κ1) is 18.0. The van der Waals surface area contributed by atoms with Crippen LogP contribution in [0.5, 0.6) is 5.75 Å². The quantitative estimate of drug-likeness (QED) is 0.527. The summed E-state index contributed by atoms with van der Waals surface area (Å²) in [6, 6.07) is 17.9. The average Bonchev–Trinajstić information content (AvgIpc) is 3.02. The molecule has 4 aromatic rings.